The van der Waals surface area contributed by atoms with E-state index in [0.717, 1.165) is 0 Å². The van der Waals surface area contributed by atoms with E-state index < -0.39 is 24.2 Å². The van der Waals surface area contributed by atoms with Crippen molar-refractivity contribution in [3.05, 3.63) is 0 Å². The van der Waals surface area contributed by atoms with Crippen molar-refractivity contribution in [2.75, 3.05) is 5.75 Å². The second kappa shape index (κ2) is 4.10. The minimum absolute atomic E-state index is 0.177. The molecule has 0 saturated heterocycles. The molecule has 0 aliphatic heterocycles. The minimum atomic E-state index is -3.65. The quantitative estimate of drug-likeness (QED) is 0.752. The SMILES string of the molecule is CCS(=O)(=O)[C@@](Cl)(Br)C(=O)C(C)(C)C. The zero-order valence-corrected chi connectivity index (χ0v) is 11.8. The van der Waals surface area contributed by atoms with E-state index in [1.807, 2.05) is 0 Å². The van der Waals surface area contributed by atoms with Crippen molar-refractivity contribution in [3.8, 4) is 0 Å². The van der Waals surface area contributed by atoms with E-state index in [1.54, 1.807) is 20.8 Å². The number of alkyl halides is 2. The molecule has 0 saturated carbocycles. The third kappa shape index (κ3) is 2.70. The van der Waals surface area contributed by atoms with Crippen molar-refractivity contribution in [2.45, 2.75) is 30.8 Å². The molecule has 0 aromatic rings. The molecular formula is C8H14BrClO3S. The molecule has 0 bridgehead atoms. The summed E-state index contributed by atoms with van der Waals surface area (Å²) in [4.78, 5) is 11.7. The summed E-state index contributed by atoms with van der Waals surface area (Å²) in [7, 11) is -3.65. The molecule has 0 unspecified atom stereocenters. The van der Waals surface area contributed by atoms with Gasteiger partial charge >= 0.3 is 0 Å². The lowest BCUT2D eigenvalue weighted by molar-refractivity contribution is -0.125. The van der Waals surface area contributed by atoms with Crippen LogP contribution in [0.2, 0.25) is 0 Å². The largest absolute Gasteiger partial charge is 0.295 e. The Hall–Kier alpha value is 0.390. The zero-order chi connectivity index (χ0) is 11.8. The van der Waals surface area contributed by atoms with Gasteiger partial charge in [-0.15, -0.1) is 0 Å². The average molecular weight is 306 g/mol. The summed E-state index contributed by atoms with van der Waals surface area (Å²) in [6, 6.07) is 0. The third-order valence-electron chi connectivity index (χ3n) is 1.72. The molecule has 0 aliphatic rings. The molecule has 0 amide bonds. The number of hydrogen-bond donors (Lipinski definition) is 0. The summed E-state index contributed by atoms with van der Waals surface area (Å²) in [5.41, 5.74) is -0.798. The summed E-state index contributed by atoms with van der Waals surface area (Å²) in [6.45, 7) is 6.32. The van der Waals surface area contributed by atoms with Gasteiger partial charge in [-0.3, -0.25) is 4.79 Å². The maximum absolute atomic E-state index is 11.7. The highest BCUT2D eigenvalue weighted by Crippen LogP contribution is 2.38. The molecule has 84 valence electrons. The fourth-order valence-electron chi connectivity index (χ4n) is 0.759. The molecule has 0 radical (unpaired) electrons. The van der Waals surface area contributed by atoms with E-state index in [2.05, 4.69) is 15.9 Å². The van der Waals surface area contributed by atoms with Gasteiger partial charge in [-0.05, 0) is 15.9 Å². The molecule has 3 nitrogen and oxygen atoms in total. The third-order valence-corrected chi connectivity index (χ3v) is 6.16. The number of Topliss-reactive ketones (excluding diaryl/α,β-unsaturated/α-hetero) is 1. The molecule has 0 aliphatic carbocycles. The topological polar surface area (TPSA) is 51.2 Å². The number of ketones is 1. The Morgan fingerprint density at radius 2 is 1.71 bits per heavy atom. The Bertz CT molecular complexity index is 327. The summed E-state index contributed by atoms with van der Waals surface area (Å²) in [5.74, 6) is -0.725. The monoisotopic (exact) mass is 304 g/mol. The molecular weight excluding hydrogens is 292 g/mol. The van der Waals surface area contributed by atoms with Crippen LogP contribution in [0, 0.1) is 5.41 Å². The van der Waals surface area contributed by atoms with Gasteiger partial charge in [-0.2, -0.15) is 0 Å². The Balaban J connectivity index is 5.30. The molecule has 0 N–H and O–H groups in total. The van der Waals surface area contributed by atoms with Crippen LogP contribution in [0.3, 0.4) is 0 Å². The molecule has 0 aromatic heterocycles. The van der Waals surface area contributed by atoms with E-state index in [-0.39, 0.29) is 5.75 Å². The second-order valence-corrected chi connectivity index (χ2v) is 9.38. The van der Waals surface area contributed by atoms with Crippen LogP contribution < -0.4 is 0 Å². The van der Waals surface area contributed by atoms with E-state index in [0.29, 0.717) is 0 Å². The smallest absolute Gasteiger partial charge is 0.257 e. The van der Waals surface area contributed by atoms with Crippen molar-refractivity contribution in [3.63, 3.8) is 0 Å². The van der Waals surface area contributed by atoms with Crippen LogP contribution in [0.1, 0.15) is 27.7 Å². The van der Waals surface area contributed by atoms with Gasteiger partial charge in [0.25, 0.3) is 3.12 Å². The molecule has 0 fully saturated rings. The number of hydrogen-bond acceptors (Lipinski definition) is 3. The first-order valence-electron chi connectivity index (χ1n) is 4.12. The number of sulfone groups is 1. The van der Waals surface area contributed by atoms with Gasteiger partial charge in [0.1, 0.15) is 0 Å². The first kappa shape index (κ1) is 14.4. The average Bonchev–Trinajstić information content (AvgIpc) is 2.01. The molecule has 0 heterocycles. The Morgan fingerprint density at radius 1 is 1.36 bits per heavy atom. The fraction of sp³-hybridized carbons (Fsp3) is 0.875. The van der Waals surface area contributed by atoms with E-state index in [9.17, 15) is 13.2 Å². The highest BCUT2D eigenvalue weighted by Gasteiger charge is 2.49. The minimum Gasteiger partial charge on any atom is -0.295 e. The number of carbonyl (C=O) groups is 1. The van der Waals surface area contributed by atoms with Crippen LogP contribution in [0.5, 0.6) is 0 Å². The van der Waals surface area contributed by atoms with Gasteiger partial charge in [-0.1, -0.05) is 39.3 Å². The van der Waals surface area contributed by atoms with Crippen LogP contribution in [0.15, 0.2) is 0 Å². The molecule has 14 heavy (non-hydrogen) atoms. The molecule has 6 heteroatoms. The number of rotatable bonds is 3. The van der Waals surface area contributed by atoms with Crippen LogP contribution in [-0.2, 0) is 14.6 Å². The zero-order valence-electron chi connectivity index (χ0n) is 8.60. The van der Waals surface area contributed by atoms with Gasteiger partial charge in [0.05, 0.1) is 5.75 Å². The van der Waals surface area contributed by atoms with Crippen LogP contribution in [-0.4, -0.2) is 23.1 Å². The second-order valence-electron chi connectivity index (χ2n) is 4.00. The Labute approximate surface area is 98.3 Å². The van der Waals surface area contributed by atoms with Gasteiger partial charge in [0.15, 0.2) is 15.6 Å². The normalized spacial score (nSPS) is 17.6. The lowest BCUT2D eigenvalue weighted by Gasteiger charge is -2.26. The first-order chi connectivity index (χ1) is 5.97. The van der Waals surface area contributed by atoms with Gasteiger partial charge < -0.3 is 0 Å². The number of halogens is 2. The van der Waals surface area contributed by atoms with Crippen LogP contribution in [0.25, 0.3) is 0 Å². The molecule has 0 spiro atoms. The van der Waals surface area contributed by atoms with Crippen LogP contribution in [0.4, 0.5) is 0 Å². The molecule has 1 atom stereocenters. The van der Waals surface area contributed by atoms with Crippen molar-refractivity contribution in [1.29, 1.82) is 0 Å². The predicted molar refractivity (Wildman–Crippen MR) is 61.4 cm³/mol. The van der Waals surface area contributed by atoms with E-state index in [1.165, 1.54) is 6.92 Å². The number of carbonyl (C=O) groups excluding carboxylic acids is 1. The van der Waals surface area contributed by atoms with Gasteiger partial charge in [0, 0.05) is 5.41 Å². The summed E-state index contributed by atoms with van der Waals surface area (Å²) in [6.07, 6.45) is 0. The maximum atomic E-state index is 11.7. The Kier molecular flexibility index (Phi) is 4.21. The van der Waals surface area contributed by atoms with Crippen molar-refractivity contribution >= 4 is 43.2 Å². The summed E-state index contributed by atoms with van der Waals surface area (Å²) >= 11 is 8.54. The highest BCUT2D eigenvalue weighted by atomic mass is 79.9. The highest BCUT2D eigenvalue weighted by molar-refractivity contribution is 9.12. The van der Waals surface area contributed by atoms with Crippen molar-refractivity contribution in [2.24, 2.45) is 5.41 Å². The lowest BCUT2D eigenvalue weighted by Crippen LogP contribution is -2.43. The van der Waals surface area contributed by atoms with Gasteiger partial charge in [-0.25, -0.2) is 8.42 Å². The lowest BCUT2D eigenvalue weighted by atomic mass is 9.92. The summed E-state index contributed by atoms with van der Waals surface area (Å²) in [5, 5.41) is 0. The van der Waals surface area contributed by atoms with Gasteiger partial charge in [0.2, 0.25) is 0 Å². The predicted octanol–water partition coefficient (Wildman–Crippen LogP) is 2.32. The van der Waals surface area contributed by atoms with Crippen molar-refractivity contribution < 1.29 is 13.2 Å². The summed E-state index contributed by atoms with van der Waals surface area (Å²) < 4.78 is 21.0. The van der Waals surface area contributed by atoms with Crippen LogP contribution >= 0.6 is 27.5 Å². The Morgan fingerprint density at radius 3 is 1.93 bits per heavy atom. The first-order valence-corrected chi connectivity index (χ1v) is 6.94. The maximum Gasteiger partial charge on any atom is 0.257 e. The fourth-order valence-corrected chi connectivity index (χ4v) is 3.60. The molecule has 0 rings (SSSR count). The van der Waals surface area contributed by atoms with E-state index >= 15 is 0 Å². The van der Waals surface area contributed by atoms with Crippen molar-refractivity contribution in [1.82, 2.24) is 0 Å². The van der Waals surface area contributed by atoms with E-state index in [4.69, 9.17) is 11.6 Å². The molecule has 0 aromatic carbocycles. The standard InChI is InChI=1S/C8H14BrClO3S/c1-5-14(12,13)8(9,10)6(11)7(2,3)4/h5H2,1-4H3/t8-/m1/s1.